The SMILES string of the molecule is CCN1C(=O)C(=O)OC1=C(c1ccccc1)c1ccccc1. The van der Waals surface area contributed by atoms with Crippen LogP contribution in [0.4, 0.5) is 0 Å². The predicted octanol–water partition coefficient (Wildman–Crippen LogP) is 2.81. The summed E-state index contributed by atoms with van der Waals surface area (Å²) in [6.07, 6.45) is 0. The molecule has 0 aromatic heterocycles. The number of benzene rings is 2. The van der Waals surface area contributed by atoms with Crippen molar-refractivity contribution in [3.63, 3.8) is 0 Å². The van der Waals surface area contributed by atoms with E-state index in [0.29, 0.717) is 12.4 Å². The fourth-order valence-electron chi connectivity index (χ4n) is 2.49. The van der Waals surface area contributed by atoms with Crippen LogP contribution in [0.2, 0.25) is 0 Å². The lowest BCUT2D eigenvalue weighted by Gasteiger charge is -2.17. The van der Waals surface area contributed by atoms with Crippen molar-refractivity contribution in [3.8, 4) is 0 Å². The van der Waals surface area contributed by atoms with Crippen LogP contribution in [0.25, 0.3) is 5.57 Å². The van der Waals surface area contributed by atoms with Crippen molar-refractivity contribution in [2.75, 3.05) is 6.54 Å². The summed E-state index contributed by atoms with van der Waals surface area (Å²) >= 11 is 0. The third-order valence-corrected chi connectivity index (χ3v) is 3.51. The molecule has 0 atom stereocenters. The summed E-state index contributed by atoms with van der Waals surface area (Å²) in [6, 6.07) is 19.2. The molecule has 0 radical (unpaired) electrons. The number of hydrogen-bond donors (Lipinski definition) is 0. The van der Waals surface area contributed by atoms with E-state index in [1.54, 1.807) is 0 Å². The van der Waals surface area contributed by atoms with Crippen LogP contribution in [0, 0.1) is 0 Å². The van der Waals surface area contributed by atoms with E-state index in [1.807, 2.05) is 67.6 Å². The number of esters is 1. The smallest absolute Gasteiger partial charge is 0.401 e. The first kappa shape index (κ1) is 14.1. The molecule has 0 unspecified atom stereocenters. The fourth-order valence-corrected chi connectivity index (χ4v) is 2.49. The molecule has 1 aliphatic rings. The highest BCUT2D eigenvalue weighted by atomic mass is 16.6. The highest BCUT2D eigenvalue weighted by Crippen LogP contribution is 2.32. The summed E-state index contributed by atoms with van der Waals surface area (Å²) < 4.78 is 5.27. The molecular weight excluding hydrogens is 278 g/mol. The van der Waals surface area contributed by atoms with Gasteiger partial charge in [0, 0.05) is 6.54 Å². The highest BCUT2D eigenvalue weighted by molar-refractivity contribution is 6.35. The van der Waals surface area contributed by atoms with Gasteiger partial charge in [0.05, 0.1) is 5.57 Å². The van der Waals surface area contributed by atoms with E-state index in [0.717, 1.165) is 16.7 Å². The van der Waals surface area contributed by atoms with Gasteiger partial charge in [0.2, 0.25) is 5.88 Å². The van der Waals surface area contributed by atoms with E-state index >= 15 is 0 Å². The Morgan fingerprint density at radius 2 is 1.41 bits per heavy atom. The van der Waals surface area contributed by atoms with Crippen LogP contribution in [-0.2, 0) is 14.3 Å². The van der Waals surface area contributed by atoms with E-state index in [1.165, 1.54) is 4.90 Å². The minimum Gasteiger partial charge on any atom is -0.401 e. The van der Waals surface area contributed by atoms with Crippen LogP contribution in [-0.4, -0.2) is 23.3 Å². The number of amides is 1. The molecule has 0 bridgehead atoms. The molecule has 0 spiro atoms. The zero-order chi connectivity index (χ0) is 15.5. The molecule has 1 amide bonds. The minimum absolute atomic E-state index is 0.301. The molecule has 4 nitrogen and oxygen atoms in total. The molecule has 1 heterocycles. The third-order valence-electron chi connectivity index (χ3n) is 3.51. The molecule has 3 rings (SSSR count). The lowest BCUT2D eigenvalue weighted by molar-refractivity contribution is -0.147. The van der Waals surface area contributed by atoms with Gasteiger partial charge in [0.1, 0.15) is 0 Å². The van der Waals surface area contributed by atoms with Crippen LogP contribution in [0.1, 0.15) is 18.1 Å². The Morgan fingerprint density at radius 3 is 1.86 bits per heavy atom. The van der Waals surface area contributed by atoms with Crippen LogP contribution in [0.5, 0.6) is 0 Å². The van der Waals surface area contributed by atoms with Crippen molar-refractivity contribution in [3.05, 3.63) is 77.7 Å². The lowest BCUT2D eigenvalue weighted by Crippen LogP contribution is -2.26. The molecule has 2 aromatic rings. The van der Waals surface area contributed by atoms with Gasteiger partial charge in [-0.2, -0.15) is 0 Å². The first-order chi connectivity index (χ1) is 10.7. The van der Waals surface area contributed by atoms with Crippen molar-refractivity contribution >= 4 is 17.4 Å². The van der Waals surface area contributed by atoms with Gasteiger partial charge in [-0.05, 0) is 18.1 Å². The number of hydrogen-bond acceptors (Lipinski definition) is 3. The van der Waals surface area contributed by atoms with Gasteiger partial charge in [0.25, 0.3) is 0 Å². The van der Waals surface area contributed by atoms with Crippen LogP contribution in [0.15, 0.2) is 66.5 Å². The maximum atomic E-state index is 11.9. The van der Waals surface area contributed by atoms with Crippen LogP contribution in [0.3, 0.4) is 0 Å². The summed E-state index contributed by atoms with van der Waals surface area (Å²) in [7, 11) is 0. The van der Waals surface area contributed by atoms with E-state index in [9.17, 15) is 9.59 Å². The second-order valence-corrected chi connectivity index (χ2v) is 4.85. The zero-order valence-corrected chi connectivity index (χ0v) is 12.2. The topological polar surface area (TPSA) is 46.6 Å². The Bertz CT molecular complexity index is 694. The van der Waals surface area contributed by atoms with Gasteiger partial charge >= 0.3 is 11.9 Å². The molecule has 0 aliphatic carbocycles. The summed E-state index contributed by atoms with van der Waals surface area (Å²) in [5.41, 5.74) is 2.52. The van der Waals surface area contributed by atoms with E-state index in [4.69, 9.17) is 4.74 Å². The highest BCUT2D eigenvalue weighted by Gasteiger charge is 2.38. The average Bonchev–Trinajstić information content (AvgIpc) is 2.84. The predicted molar refractivity (Wildman–Crippen MR) is 82.4 cm³/mol. The number of carbonyl (C=O) groups is 2. The third kappa shape index (κ3) is 2.39. The number of nitrogens with zero attached hydrogens (tertiary/aromatic N) is 1. The first-order valence-corrected chi connectivity index (χ1v) is 7.11. The monoisotopic (exact) mass is 293 g/mol. The van der Waals surface area contributed by atoms with Gasteiger partial charge in [-0.3, -0.25) is 9.69 Å². The van der Waals surface area contributed by atoms with Crippen LogP contribution < -0.4 is 0 Å². The Morgan fingerprint density at radius 1 is 0.909 bits per heavy atom. The molecule has 1 aliphatic heterocycles. The number of ether oxygens (including phenoxy) is 1. The van der Waals surface area contributed by atoms with Crippen molar-refractivity contribution in [2.24, 2.45) is 0 Å². The Hall–Kier alpha value is -2.88. The fraction of sp³-hybridized carbons (Fsp3) is 0.111. The largest absolute Gasteiger partial charge is 0.404 e. The summed E-state index contributed by atoms with van der Waals surface area (Å²) in [6.45, 7) is 2.19. The minimum atomic E-state index is -0.832. The molecule has 0 saturated carbocycles. The molecule has 22 heavy (non-hydrogen) atoms. The molecule has 1 fully saturated rings. The second kappa shape index (κ2) is 5.85. The first-order valence-electron chi connectivity index (χ1n) is 7.11. The normalized spacial score (nSPS) is 14.2. The van der Waals surface area contributed by atoms with E-state index in [-0.39, 0.29) is 0 Å². The van der Waals surface area contributed by atoms with E-state index < -0.39 is 11.9 Å². The Balaban J connectivity index is 2.24. The summed E-state index contributed by atoms with van der Waals surface area (Å²) in [5.74, 6) is -1.15. The van der Waals surface area contributed by atoms with Crippen molar-refractivity contribution in [1.29, 1.82) is 0 Å². The van der Waals surface area contributed by atoms with Gasteiger partial charge < -0.3 is 4.74 Å². The van der Waals surface area contributed by atoms with Crippen molar-refractivity contribution < 1.29 is 14.3 Å². The number of likely N-dealkylation sites (N-methyl/N-ethyl adjacent to an activating group) is 1. The molecule has 4 heteroatoms. The summed E-state index contributed by atoms with van der Waals surface area (Å²) in [5, 5.41) is 0. The summed E-state index contributed by atoms with van der Waals surface area (Å²) in [4.78, 5) is 25.0. The molecular formula is C18H15NO3. The van der Waals surface area contributed by atoms with Crippen molar-refractivity contribution in [2.45, 2.75) is 6.92 Å². The van der Waals surface area contributed by atoms with Gasteiger partial charge in [-0.25, -0.2) is 4.79 Å². The van der Waals surface area contributed by atoms with E-state index in [2.05, 4.69) is 0 Å². The standard InChI is InChI=1S/C18H15NO3/c1-2-19-16(20)18(21)22-17(19)15(13-9-5-3-6-10-13)14-11-7-4-8-12-14/h3-12H,2H2,1H3. The van der Waals surface area contributed by atoms with Gasteiger partial charge in [-0.1, -0.05) is 60.7 Å². The molecule has 0 N–H and O–H groups in total. The maximum absolute atomic E-state index is 11.9. The number of carbonyl (C=O) groups excluding carboxylic acids is 2. The average molecular weight is 293 g/mol. The quantitative estimate of drug-likeness (QED) is 0.646. The maximum Gasteiger partial charge on any atom is 0.404 e. The van der Waals surface area contributed by atoms with Crippen LogP contribution >= 0.6 is 0 Å². The van der Waals surface area contributed by atoms with Gasteiger partial charge in [0.15, 0.2) is 0 Å². The van der Waals surface area contributed by atoms with Gasteiger partial charge in [-0.15, -0.1) is 0 Å². The molecule has 1 saturated heterocycles. The number of rotatable bonds is 3. The Labute approximate surface area is 128 Å². The Kier molecular flexibility index (Phi) is 3.74. The lowest BCUT2D eigenvalue weighted by atomic mass is 9.98. The molecule has 2 aromatic carbocycles. The number of cyclic esters (lactones) is 1. The van der Waals surface area contributed by atoms with Crippen molar-refractivity contribution in [1.82, 2.24) is 4.90 Å². The second-order valence-electron chi connectivity index (χ2n) is 4.85. The molecule has 110 valence electrons. The zero-order valence-electron chi connectivity index (χ0n) is 12.2.